The van der Waals surface area contributed by atoms with Crippen molar-refractivity contribution in [3.8, 4) is 0 Å². The van der Waals surface area contributed by atoms with Crippen LogP contribution in [0.4, 0.5) is 0 Å². The van der Waals surface area contributed by atoms with Crippen molar-refractivity contribution in [1.29, 1.82) is 0 Å². The first-order chi connectivity index (χ1) is 5.83. The third-order valence-corrected chi connectivity index (χ3v) is 5.82. The minimum atomic E-state index is 0.582. The van der Waals surface area contributed by atoms with Crippen LogP contribution in [0.15, 0.2) is 0 Å². The van der Waals surface area contributed by atoms with Gasteiger partial charge in [-0.1, -0.05) is 0 Å². The second kappa shape index (κ2) is 6.19. The maximum atomic E-state index is 3.29. The number of hydrogen-bond acceptors (Lipinski definition) is 1. The first-order valence-corrected chi connectivity index (χ1v) is 8.08. The van der Waals surface area contributed by atoms with Gasteiger partial charge in [0.05, 0.1) is 0 Å². The summed E-state index contributed by atoms with van der Waals surface area (Å²) >= 11 is 0.582. The molecule has 0 amide bonds. The van der Waals surface area contributed by atoms with E-state index in [1.807, 2.05) is 0 Å². The molecule has 0 heterocycles. The number of hydrogen-bond donors (Lipinski definition) is 1. The van der Waals surface area contributed by atoms with Crippen LogP contribution in [0, 0.1) is 5.92 Å². The molecular formula is C10H21IN-. The van der Waals surface area contributed by atoms with Crippen molar-refractivity contribution < 1.29 is 21.2 Å². The molecule has 0 spiro atoms. The summed E-state index contributed by atoms with van der Waals surface area (Å²) < 4.78 is 3.17. The number of nitrogens with one attached hydrogen (secondary N) is 1. The predicted molar refractivity (Wildman–Crippen MR) is 50.2 cm³/mol. The predicted octanol–water partition coefficient (Wildman–Crippen LogP) is -1.13. The average molecular weight is 282 g/mol. The second-order valence-corrected chi connectivity index (χ2v) is 6.85. The molecular weight excluding hydrogens is 261 g/mol. The average Bonchev–Trinajstić information content (AvgIpc) is 2.87. The zero-order chi connectivity index (χ0) is 8.81. The van der Waals surface area contributed by atoms with Gasteiger partial charge in [-0.3, -0.25) is 0 Å². The second-order valence-electron chi connectivity index (χ2n) is 3.81. The van der Waals surface area contributed by atoms with Crippen LogP contribution in [0.2, 0.25) is 0 Å². The zero-order valence-electron chi connectivity index (χ0n) is 8.28. The molecule has 0 saturated heterocycles. The van der Waals surface area contributed by atoms with E-state index in [-0.39, 0.29) is 0 Å². The SMILES string of the molecule is CNC(C)CCC[I-]CC1CC1. The van der Waals surface area contributed by atoms with Gasteiger partial charge in [0.25, 0.3) is 0 Å². The van der Waals surface area contributed by atoms with Crippen LogP contribution < -0.4 is 26.5 Å². The molecule has 1 fully saturated rings. The quantitative estimate of drug-likeness (QED) is 0.354. The Morgan fingerprint density at radius 3 is 2.83 bits per heavy atom. The molecule has 12 heavy (non-hydrogen) atoms. The Hall–Kier alpha value is 0.690. The summed E-state index contributed by atoms with van der Waals surface area (Å²) in [5.41, 5.74) is 0. The van der Waals surface area contributed by atoms with Crippen LogP contribution in [0.5, 0.6) is 0 Å². The standard InChI is InChI=1S/C10H21IN/c1-9(12-2)4-3-7-11-8-10-5-6-10/h9-10,12H,3-8H2,1-2H3/q-1. The van der Waals surface area contributed by atoms with E-state index >= 15 is 0 Å². The van der Waals surface area contributed by atoms with Crippen molar-refractivity contribution in [2.24, 2.45) is 5.92 Å². The molecule has 0 aromatic rings. The van der Waals surface area contributed by atoms with Gasteiger partial charge in [0.1, 0.15) is 0 Å². The van der Waals surface area contributed by atoms with E-state index in [4.69, 9.17) is 0 Å². The summed E-state index contributed by atoms with van der Waals surface area (Å²) in [6.45, 7) is 2.28. The molecule has 0 aromatic heterocycles. The Balaban J connectivity index is 1.75. The van der Waals surface area contributed by atoms with Gasteiger partial charge in [-0.15, -0.1) is 0 Å². The fraction of sp³-hybridized carbons (Fsp3) is 1.00. The Kier molecular flexibility index (Phi) is 5.56. The Bertz CT molecular complexity index is 112. The Morgan fingerprint density at radius 2 is 2.25 bits per heavy atom. The Morgan fingerprint density at radius 1 is 1.50 bits per heavy atom. The fourth-order valence-corrected chi connectivity index (χ4v) is 4.31. The molecule has 1 saturated carbocycles. The van der Waals surface area contributed by atoms with Crippen LogP contribution in [-0.2, 0) is 0 Å². The van der Waals surface area contributed by atoms with Crippen molar-refractivity contribution in [2.75, 3.05) is 15.9 Å². The summed E-state index contributed by atoms with van der Waals surface area (Å²) in [4.78, 5) is 0. The molecule has 1 aliphatic rings. The topological polar surface area (TPSA) is 12.0 Å². The van der Waals surface area contributed by atoms with E-state index in [1.165, 1.54) is 18.8 Å². The van der Waals surface area contributed by atoms with Gasteiger partial charge in [0.2, 0.25) is 0 Å². The molecule has 1 N–H and O–H groups in total. The van der Waals surface area contributed by atoms with E-state index in [0.29, 0.717) is 21.2 Å². The van der Waals surface area contributed by atoms with Crippen LogP contribution in [0.1, 0.15) is 32.6 Å². The van der Waals surface area contributed by atoms with Gasteiger partial charge in [-0.2, -0.15) is 0 Å². The molecule has 0 aromatic carbocycles. The maximum absolute atomic E-state index is 3.29. The van der Waals surface area contributed by atoms with Gasteiger partial charge in [-0.05, 0) is 0 Å². The molecule has 0 radical (unpaired) electrons. The molecule has 74 valence electrons. The summed E-state index contributed by atoms with van der Waals surface area (Å²) in [6.07, 6.45) is 5.93. The van der Waals surface area contributed by atoms with Crippen LogP contribution in [0.25, 0.3) is 0 Å². The van der Waals surface area contributed by atoms with Crippen LogP contribution in [0.3, 0.4) is 0 Å². The van der Waals surface area contributed by atoms with Crippen molar-refractivity contribution in [2.45, 2.75) is 38.6 Å². The first kappa shape index (κ1) is 10.8. The van der Waals surface area contributed by atoms with Crippen LogP contribution in [-0.4, -0.2) is 21.9 Å². The number of halogens is 1. The van der Waals surface area contributed by atoms with Crippen molar-refractivity contribution in [3.63, 3.8) is 0 Å². The molecule has 2 heteroatoms. The third kappa shape index (κ3) is 5.36. The van der Waals surface area contributed by atoms with Gasteiger partial charge >= 0.3 is 87.0 Å². The van der Waals surface area contributed by atoms with E-state index < -0.39 is 0 Å². The van der Waals surface area contributed by atoms with Crippen molar-refractivity contribution in [1.82, 2.24) is 5.32 Å². The minimum absolute atomic E-state index is 0.582. The van der Waals surface area contributed by atoms with Gasteiger partial charge in [-0.25, -0.2) is 0 Å². The van der Waals surface area contributed by atoms with E-state index in [1.54, 1.807) is 21.7 Å². The van der Waals surface area contributed by atoms with E-state index in [2.05, 4.69) is 19.3 Å². The molecule has 0 aliphatic heterocycles. The molecule has 1 nitrogen and oxygen atoms in total. The molecule has 1 rings (SSSR count). The summed E-state index contributed by atoms with van der Waals surface area (Å²) in [5, 5.41) is 3.29. The molecule has 1 aliphatic carbocycles. The zero-order valence-corrected chi connectivity index (χ0v) is 10.4. The first-order valence-electron chi connectivity index (χ1n) is 5.03. The molecule has 1 atom stereocenters. The Labute approximate surface area is 87.0 Å². The van der Waals surface area contributed by atoms with Crippen LogP contribution >= 0.6 is 0 Å². The van der Waals surface area contributed by atoms with E-state index in [9.17, 15) is 0 Å². The van der Waals surface area contributed by atoms with Gasteiger partial charge < -0.3 is 0 Å². The van der Waals surface area contributed by atoms with Gasteiger partial charge in [0, 0.05) is 0 Å². The van der Waals surface area contributed by atoms with E-state index in [0.717, 1.165) is 6.04 Å². The monoisotopic (exact) mass is 282 g/mol. The van der Waals surface area contributed by atoms with Crippen molar-refractivity contribution in [3.05, 3.63) is 0 Å². The number of rotatable bonds is 7. The summed E-state index contributed by atoms with van der Waals surface area (Å²) in [7, 11) is 2.06. The van der Waals surface area contributed by atoms with Gasteiger partial charge in [0.15, 0.2) is 0 Å². The molecule has 1 unspecified atom stereocenters. The normalized spacial score (nSPS) is 19.8. The molecule has 0 bridgehead atoms. The fourth-order valence-electron chi connectivity index (χ4n) is 1.13. The summed E-state index contributed by atoms with van der Waals surface area (Å²) in [5.74, 6) is 1.18. The summed E-state index contributed by atoms with van der Waals surface area (Å²) in [6, 6.07) is 0.731. The number of alkyl halides is 2. The third-order valence-electron chi connectivity index (χ3n) is 2.42. The van der Waals surface area contributed by atoms with Crippen molar-refractivity contribution >= 4 is 0 Å².